The van der Waals surface area contributed by atoms with Gasteiger partial charge in [-0.15, -0.1) is 0 Å². The monoisotopic (exact) mass is 320 g/mol. The van der Waals surface area contributed by atoms with Crippen molar-refractivity contribution in [2.45, 2.75) is 84.5 Å². The molecular formula is C21H36O2. The molecule has 0 fully saturated rings. The van der Waals surface area contributed by atoms with E-state index in [0.717, 1.165) is 19.3 Å². The van der Waals surface area contributed by atoms with Gasteiger partial charge in [0.15, 0.2) is 0 Å². The van der Waals surface area contributed by atoms with Gasteiger partial charge < -0.3 is 5.11 Å². The topological polar surface area (TPSA) is 37.3 Å². The average molecular weight is 321 g/mol. The van der Waals surface area contributed by atoms with Gasteiger partial charge in [0.1, 0.15) is 0 Å². The molecule has 2 heteroatoms. The third kappa shape index (κ3) is 18.6. The summed E-state index contributed by atoms with van der Waals surface area (Å²) in [6.45, 7) is 4.47. The molecule has 0 saturated heterocycles. The molecule has 2 nitrogen and oxygen atoms in total. The van der Waals surface area contributed by atoms with E-state index in [9.17, 15) is 4.79 Å². The summed E-state index contributed by atoms with van der Waals surface area (Å²) >= 11 is 0. The number of rotatable bonds is 15. The maximum atomic E-state index is 10.4. The van der Waals surface area contributed by atoms with Crippen LogP contribution in [0.4, 0.5) is 0 Å². The van der Waals surface area contributed by atoms with Crippen molar-refractivity contribution < 1.29 is 9.90 Å². The summed E-state index contributed by atoms with van der Waals surface area (Å²) < 4.78 is 0. The predicted octanol–water partition coefficient (Wildman–Crippen LogP) is 6.69. The zero-order chi connectivity index (χ0) is 17.2. The predicted molar refractivity (Wildman–Crippen MR) is 101 cm³/mol. The van der Waals surface area contributed by atoms with E-state index < -0.39 is 5.97 Å². The van der Waals surface area contributed by atoms with E-state index in [1.165, 1.54) is 44.9 Å². The first-order valence-electron chi connectivity index (χ1n) is 9.37. The Hall–Kier alpha value is -1.31. The molecule has 1 atom stereocenters. The molecule has 1 unspecified atom stereocenters. The number of carboxylic acid groups (broad SMARTS) is 1. The number of aliphatic carboxylic acids is 1. The summed E-state index contributed by atoms with van der Waals surface area (Å²) in [6, 6.07) is 0. The van der Waals surface area contributed by atoms with Crippen molar-refractivity contribution in [3.05, 3.63) is 36.5 Å². The highest BCUT2D eigenvalue weighted by molar-refractivity contribution is 5.66. The molecule has 0 amide bonds. The Labute approximate surface area is 143 Å². The summed E-state index contributed by atoms with van der Waals surface area (Å²) in [6.07, 6.45) is 25.4. The van der Waals surface area contributed by atoms with Gasteiger partial charge in [0, 0.05) is 6.42 Å². The number of hydrogen-bond donors (Lipinski definition) is 1. The second-order valence-electron chi connectivity index (χ2n) is 6.26. The molecule has 0 aliphatic rings. The molecular weight excluding hydrogens is 284 g/mol. The van der Waals surface area contributed by atoms with Gasteiger partial charge in [0.2, 0.25) is 0 Å². The Morgan fingerprint density at radius 2 is 1.52 bits per heavy atom. The molecule has 0 rings (SSSR count). The summed E-state index contributed by atoms with van der Waals surface area (Å²) in [5.41, 5.74) is 0. The molecule has 132 valence electrons. The van der Waals surface area contributed by atoms with Crippen LogP contribution in [0.5, 0.6) is 0 Å². The first-order chi connectivity index (χ1) is 11.2. The third-order valence-corrected chi connectivity index (χ3v) is 3.80. The number of allylic oxidation sites excluding steroid dienone is 6. The average Bonchev–Trinajstić information content (AvgIpc) is 2.52. The molecule has 0 aromatic heterocycles. The van der Waals surface area contributed by atoms with Crippen LogP contribution in [0.15, 0.2) is 36.5 Å². The molecule has 0 radical (unpaired) electrons. The third-order valence-electron chi connectivity index (χ3n) is 3.80. The van der Waals surface area contributed by atoms with Crippen molar-refractivity contribution in [1.82, 2.24) is 0 Å². The van der Waals surface area contributed by atoms with Gasteiger partial charge in [0.05, 0.1) is 0 Å². The Kier molecular flexibility index (Phi) is 16.1. The number of carboxylic acids is 1. The van der Waals surface area contributed by atoms with Crippen LogP contribution in [0.25, 0.3) is 0 Å². The van der Waals surface area contributed by atoms with Crippen LogP contribution in [-0.4, -0.2) is 11.1 Å². The smallest absolute Gasteiger partial charge is 0.303 e. The SMILES string of the molecule is CCCCCCCCC=CC(C)C=CCC=CCCCC(=O)O. The van der Waals surface area contributed by atoms with Gasteiger partial charge in [-0.2, -0.15) is 0 Å². The molecule has 0 aromatic rings. The van der Waals surface area contributed by atoms with Crippen molar-refractivity contribution in [3.8, 4) is 0 Å². The van der Waals surface area contributed by atoms with E-state index in [1.807, 2.05) is 0 Å². The Morgan fingerprint density at radius 3 is 2.26 bits per heavy atom. The molecule has 23 heavy (non-hydrogen) atoms. The lowest BCUT2D eigenvalue weighted by atomic mass is 10.1. The van der Waals surface area contributed by atoms with E-state index in [0.29, 0.717) is 5.92 Å². The van der Waals surface area contributed by atoms with Crippen LogP contribution in [0.2, 0.25) is 0 Å². The first-order valence-corrected chi connectivity index (χ1v) is 9.37. The Morgan fingerprint density at radius 1 is 0.870 bits per heavy atom. The van der Waals surface area contributed by atoms with E-state index >= 15 is 0 Å². The second-order valence-corrected chi connectivity index (χ2v) is 6.26. The number of hydrogen-bond acceptors (Lipinski definition) is 1. The van der Waals surface area contributed by atoms with Gasteiger partial charge >= 0.3 is 5.97 Å². The maximum absolute atomic E-state index is 10.4. The van der Waals surface area contributed by atoms with Gasteiger partial charge in [-0.1, -0.05) is 82.4 Å². The fourth-order valence-corrected chi connectivity index (χ4v) is 2.37. The number of unbranched alkanes of at least 4 members (excludes halogenated alkanes) is 7. The molecule has 0 bridgehead atoms. The van der Waals surface area contributed by atoms with E-state index in [4.69, 9.17) is 5.11 Å². The van der Waals surface area contributed by atoms with E-state index in [1.54, 1.807) is 0 Å². The second kappa shape index (κ2) is 17.1. The maximum Gasteiger partial charge on any atom is 0.303 e. The molecule has 0 aromatic carbocycles. The van der Waals surface area contributed by atoms with Gasteiger partial charge in [-0.3, -0.25) is 4.79 Å². The molecule has 0 spiro atoms. The highest BCUT2D eigenvalue weighted by atomic mass is 16.4. The van der Waals surface area contributed by atoms with Gasteiger partial charge in [0.25, 0.3) is 0 Å². The van der Waals surface area contributed by atoms with Crippen molar-refractivity contribution in [3.63, 3.8) is 0 Å². The Bertz CT molecular complexity index is 353. The van der Waals surface area contributed by atoms with Gasteiger partial charge in [-0.05, 0) is 38.0 Å². The quantitative estimate of drug-likeness (QED) is 0.270. The summed E-state index contributed by atoms with van der Waals surface area (Å²) in [4.78, 5) is 10.4. The minimum absolute atomic E-state index is 0.264. The largest absolute Gasteiger partial charge is 0.481 e. The molecule has 0 aliphatic heterocycles. The van der Waals surface area contributed by atoms with Crippen LogP contribution in [0, 0.1) is 5.92 Å². The standard InChI is InChI=1S/C21H36O2/c1-3-4-5-6-7-8-11-14-17-20(2)18-15-12-9-10-13-16-19-21(22)23/h9-10,14-15,17-18,20H,3-8,11-13,16,19H2,1-2H3,(H,22,23). The van der Waals surface area contributed by atoms with Crippen LogP contribution in [0.1, 0.15) is 84.5 Å². The Balaban J connectivity index is 3.52. The molecule has 0 aliphatic carbocycles. The lowest BCUT2D eigenvalue weighted by molar-refractivity contribution is -0.137. The van der Waals surface area contributed by atoms with Crippen molar-refractivity contribution in [2.24, 2.45) is 5.92 Å². The molecule has 0 saturated carbocycles. The fourth-order valence-electron chi connectivity index (χ4n) is 2.37. The summed E-state index contributed by atoms with van der Waals surface area (Å²) in [7, 11) is 0. The van der Waals surface area contributed by atoms with Crippen molar-refractivity contribution >= 4 is 5.97 Å². The van der Waals surface area contributed by atoms with Crippen LogP contribution in [-0.2, 0) is 4.79 Å². The minimum Gasteiger partial charge on any atom is -0.481 e. The summed E-state index contributed by atoms with van der Waals surface area (Å²) in [5, 5.41) is 8.53. The van der Waals surface area contributed by atoms with E-state index in [-0.39, 0.29) is 6.42 Å². The zero-order valence-corrected chi connectivity index (χ0v) is 15.2. The van der Waals surface area contributed by atoms with Crippen LogP contribution < -0.4 is 0 Å². The van der Waals surface area contributed by atoms with Crippen LogP contribution >= 0.6 is 0 Å². The van der Waals surface area contributed by atoms with Crippen molar-refractivity contribution in [2.75, 3.05) is 0 Å². The molecule has 0 heterocycles. The fraction of sp³-hybridized carbons (Fsp3) is 0.667. The van der Waals surface area contributed by atoms with Gasteiger partial charge in [-0.25, -0.2) is 0 Å². The highest BCUT2D eigenvalue weighted by Gasteiger charge is 1.93. The first kappa shape index (κ1) is 21.7. The summed E-state index contributed by atoms with van der Waals surface area (Å²) in [5.74, 6) is -0.213. The minimum atomic E-state index is -0.708. The lowest BCUT2D eigenvalue weighted by Gasteiger charge is -1.99. The van der Waals surface area contributed by atoms with Crippen molar-refractivity contribution in [1.29, 1.82) is 0 Å². The lowest BCUT2D eigenvalue weighted by Crippen LogP contribution is -1.92. The normalized spacial score (nSPS) is 13.5. The molecule has 1 N–H and O–H groups in total. The highest BCUT2D eigenvalue weighted by Crippen LogP contribution is 2.08. The zero-order valence-electron chi connectivity index (χ0n) is 15.2. The number of carbonyl (C=O) groups is 1. The van der Waals surface area contributed by atoms with Crippen LogP contribution in [0.3, 0.4) is 0 Å². The van der Waals surface area contributed by atoms with E-state index in [2.05, 4.69) is 50.3 Å².